The van der Waals surface area contributed by atoms with Crippen LogP contribution in [0.1, 0.15) is 24.8 Å². The molecule has 3 aromatic heterocycles. The van der Waals surface area contributed by atoms with Crippen LogP contribution < -0.4 is 14.4 Å². The van der Waals surface area contributed by atoms with E-state index in [-0.39, 0.29) is 0 Å². The third-order valence-electron chi connectivity index (χ3n) is 7.18. The second kappa shape index (κ2) is 8.51. The van der Waals surface area contributed by atoms with E-state index in [1.54, 1.807) is 7.11 Å². The quantitative estimate of drug-likeness (QED) is 0.370. The van der Waals surface area contributed by atoms with Crippen molar-refractivity contribution in [1.29, 1.82) is 0 Å². The predicted octanol–water partition coefficient (Wildman–Crippen LogP) is 4.28. The molecule has 9 nitrogen and oxygen atoms in total. The second-order valence-corrected chi connectivity index (χ2v) is 9.42. The number of aromatic nitrogens is 6. The fraction of sp³-hybridized carbons (Fsp3) is 0.333. The molecule has 0 atom stereocenters. The highest BCUT2D eigenvalue weighted by Crippen LogP contribution is 2.38. The predicted molar refractivity (Wildman–Crippen MR) is 138 cm³/mol. The van der Waals surface area contributed by atoms with Gasteiger partial charge in [-0.05, 0) is 49.1 Å². The summed E-state index contributed by atoms with van der Waals surface area (Å²) in [4.78, 5) is 12.2. The van der Waals surface area contributed by atoms with E-state index in [0.29, 0.717) is 13.2 Å². The third kappa shape index (κ3) is 3.45. The van der Waals surface area contributed by atoms with Crippen LogP contribution >= 0.6 is 0 Å². The molecule has 182 valence electrons. The highest BCUT2D eigenvalue weighted by Gasteiger charge is 2.24. The number of ether oxygens (including phenoxy) is 2. The highest BCUT2D eigenvalue weighted by atomic mass is 16.5. The molecule has 0 N–H and O–H groups in total. The lowest BCUT2D eigenvalue weighted by atomic mass is 10.2. The van der Waals surface area contributed by atoms with E-state index in [1.807, 2.05) is 41.2 Å². The first-order valence-electron chi connectivity index (χ1n) is 12.5. The van der Waals surface area contributed by atoms with Gasteiger partial charge in [0.2, 0.25) is 0 Å². The number of hydrogen-bond acceptors (Lipinski definition) is 7. The Morgan fingerprint density at radius 2 is 1.86 bits per heavy atom. The number of anilines is 1. The lowest BCUT2D eigenvalue weighted by Gasteiger charge is -2.18. The van der Waals surface area contributed by atoms with E-state index in [0.717, 1.165) is 76.7 Å². The number of aryl methyl sites for hydroxylation is 1. The van der Waals surface area contributed by atoms with Crippen LogP contribution in [-0.2, 0) is 13.1 Å². The van der Waals surface area contributed by atoms with Crippen LogP contribution in [0.2, 0.25) is 0 Å². The van der Waals surface area contributed by atoms with Gasteiger partial charge in [0.25, 0.3) is 0 Å². The van der Waals surface area contributed by atoms with E-state index in [1.165, 1.54) is 18.5 Å². The van der Waals surface area contributed by atoms with Crippen LogP contribution in [0.5, 0.6) is 11.5 Å². The fourth-order valence-electron chi connectivity index (χ4n) is 5.37. The molecule has 1 saturated heterocycles. The van der Waals surface area contributed by atoms with Gasteiger partial charge >= 0.3 is 0 Å². The van der Waals surface area contributed by atoms with Gasteiger partial charge in [0.05, 0.1) is 31.3 Å². The number of nitrogens with zero attached hydrogens (tertiary/aromatic N) is 7. The zero-order valence-electron chi connectivity index (χ0n) is 20.2. The Balaban J connectivity index is 1.33. The van der Waals surface area contributed by atoms with Gasteiger partial charge in [0.15, 0.2) is 5.65 Å². The van der Waals surface area contributed by atoms with Gasteiger partial charge in [-0.1, -0.05) is 17.3 Å². The summed E-state index contributed by atoms with van der Waals surface area (Å²) in [5, 5.41) is 9.00. The number of hydrogen-bond donors (Lipinski definition) is 0. The third-order valence-corrected chi connectivity index (χ3v) is 7.18. The van der Waals surface area contributed by atoms with Gasteiger partial charge in [0, 0.05) is 37.6 Å². The van der Waals surface area contributed by atoms with Gasteiger partial charge in [0.1, 0.15) is 28.4 Å². The van der Waals surface area contributed by atoms with Crippen LogP contribution in [-0.4, -0.2) is 56.3 Å². The van der Waals surface area contributed by atoms with Crippen molar-refractivity contribution in [2.24, 2.45) is 0 Å². The van der Waals surface area contributed by atoms with Crippen LogP contribution in [0.15, 0.2) is 48.7 Å². The molecule has 0 aliphatic carbocycles. The first-order chi connectivity index (χ1) is 17.8. The Hall–Kier alpha value is -4.14. The van der Waals surface area contributed by atoms with Gasteiger partial charge in [-0.2, -0.15) is 0 Å². The number of imidazole rings is 1. The maximum Gasteiger partial charge on any atom is 0.179 e. The SMILES string of the molecule is COc1ccc(Cn2nnc3c(-c4nc5cc(N6CCCC6)cc6c5n4CCCO6)ccnc32)cc1. The topological polar surface area (TPSA) is 83.1 Å². The summed E-state index contributed by atoms with van der Waals surface area (Å²) < 4.78 is 15.6. The van der Waals surface area contributed by atoms with E-state index in [2.05, 4.69) is 36.9 Å². The van der Waals surface area contributed by atoms with Crippen molar-refractivity contribution in [1.82, 2.24) is 29.5 Å². The molecule has 2 aromatic carbocycles. The summed E-state index contributed by atoms with van der Waals surface area (Å²) in [6.45, 7) is 4.28. The summed E-state index contributed by atoms with van der Waals surface area (Å²) in [5.74, 6) is 2.63. The Labute approximate surface area is 208 Å². The van der Waals surface area contributed by atoms with Crippen LogP contribution in [0.3, 0.4) is 0 Å². The van der Waals surface area contributed by atoms with Crippen molar-refractivity contribution >= 4 is 27.9 Å². The first-order valence-corrected chi connectivity index (χ1v) is 12.5. The molecule has 5 aromatic rings. The number of rotatable bonds is 5. The Bertz CT molecular complexity index is 1570. The molecule has 7 rings (SSSR count). The van der Waals surface area contributed by atoms with Crippen molar-refractivity contribution in [2.75, 3.05) is 31.7 Å². The standard InChI is InChI=1S/C27H27N7O2/c1-35-20-7-5-18(6-8-20)17-34-27-24(30-31-34)21(9-10-28-27)26-29-22-15-19(32-11-2-3-12-32)16-23-25(22)33(26)13-4-14-36-23/h5-10,15-16H,2-4,11-14,17H2,1H3. The van der Waals surface area contributed by atoms with Gasteiger partial charge < -0.3 is 18.9 Å². The molecule has 5 heterocycles. The number of fused-ring (bicyclic) bond motifs is 1. The molecule has 0 saturated carbocycles. The summed E-state index contributed by atoms with van der Waals surface area (Å²) in [6, 6.07) is 14.4. The number of benzene rings is 2. The maximum atomic E-state index is 6.20. The minimum absolute atomic E-state index is 0.574. The minimum atomic E-state index is 0.574. The fourth-order valence-corrected chi connectivity index (χ4v) is 5.37. The van der Waals surface area contributed by atoms with Crippen molar-refractivity contribution in [2.45, 2.75) is 32.4 Å². The van der Waals surface area contributed by atoms with E-state index in [9.17, 15) is 0 Å². The molecule has 0 radical (unpaired) electrons. The largest absolute Gasteiger partial charge is 0.497 e. The average molecular weight is 482 g/mol. The second-order valence-electron chi connectivity index (χ2n) is 9.42. The van der Waals surface area contributed by atoms with Crippen LogP contribution in [0.25, 0.3) is 33.6 Å². The normalized spacial score (nSPS) is 15.4. The molecule has 9 heteroatoms. The zero-order valence-corrected chi connectivity index (χ0v) is 20.2. The highest BCUT2D eigenvalue weighted by molar-refractivity contribution is 5.94. The Morgan fingerprint density at radius 1 is 1.00 bits per heavy atom. The van der Waals surface area contributed by atoms with Crippen LogP contribution in [0, 0.1) is 0 Å². The molecule has 0 unspecified atom stereocenters. The molecule has 2 aliphatic heterocycles. The molecule has 0 bridgehead atoms. The molecule has 36 heavy (non-hydrogen) atoms. The lowest BCUT2D eigenvalue weighted by molar-refractivity contribution is 0.316. The summed E-state index contributed by atoms with van der Waals surface area (Å²) in [5.41, 5.74) is 6.74. The van der Waals surface area contributed by atoms with Gasteiger partial charge in [-0.15, -0.1) is 5.10 Å². The minimum Gasteiger partial charge on any atom is -0.497 e. The summed E-state index contributed by atoms with van der Waals surface area (Å²) in [6.07, 6.45) is 5.21. The van der Waals surface area contributed by atoms with E-state index in [4.69, 9.17) is 14.5 Å². The number of pyridine rings is 1. The van der Waals surface area contributed by atoms with Crippen molar-refractivity contribution in [3.63, 3.8) is 0 Å². The average Bonchev–Trinajstić information content (AvgIpc) is 3.63. The number of methoxy groups -OCH3 is 1. The molecular weight excluding hydrogens is 454 g/mol. The van der Waals surface area contributed by atoms with Crippen molar-refractivity contribution < 1.29 is 9.47 Å². The summed E-state index contributed by atoms with van der Waals surface area (Å²) in [7, 11) is 1.67. The maximum absolute atomic E-state index is 6.20. The monoisotopic (exact) mass is 481 g/mol. The Morgan fingerprint density at radius 3 is 2.69 bits per heavy atom. The first kappa shape index (κ1) is 21.2. The Kier molecular flexibility index (Phi) is 5.00. The van der Waals surface area contributed by atoms with Crippen molar-refractivity contribution in [3.05, 3.63) is 54.2 Å². The molecular formula is C27H27N7O2. The van der Waals surface area contributed by atoms with Gasteiger partial charge in [-0.3, -0.25) is 0 Å². The van der Waals surface area contributed by atoms with Crippen molar-refractivity contribution in [3.8, 4) is 22.9 Å². The van der Waals surface area contributed by atoms with E-state index >= 15 is 0 Å². The smallest absolute Gasteiger partial charge is 0.179 e. The van der Waals surface area contributed by atoms with Crippen LogP contribution in [0.4, 0.5) is 5.69 Å². The molecule has 0 spiro atoms. The lowest BCUT2D eigenvalue weighted by Crippen LogP contribution is -2.17. The molecule has 2 aliphatic rings. The van der Waals surface area contributed by atoms with Gasteiger partial charge in [-0.25, -0.2) is 14.6 Å². The summed E-state index contributed by atoms with van der Waals surface area (Å²) >= 11 is 0. The zero-order chi connectivity index (χ0) is 24.1. The van der Waals surface area contributed by atoms with E-state index < -0.39 is 0 Å². The molecule has 1 fully saturated rings. The molecule has 0 amide bonds.